The van der Waals surface area contributed by atoms with Crippen molar-refractivity contribution in [2.45, 2.75) is 20.0 Å². The van der Waals surface area contributed by atoms with Crippen LogP contribution >= 0.6 is 0 Å². The van der Waals surface area contributed by atoms with Gasteiger partial charge in [-0.05, 0) is 47.9 Å². The first-order valence-electron chi connectivity index (χ1n) is 10.1. The minimum absolute atomic E-state index is 0.0437. The van der Waals surface area contributed by atoms with Gasteiger partial charge in [-0.1, -0.05) is 55.5 Å². The molecule has 2 N–H and O–H groups in total. The first-order chi connectivity index (χ1) is 15.5. The maximum absolute atomic E-state index is 12.7. The number of carboxylic acid groups (broad SMARTS) is 1. The van der Waals surface area contributed by atoms with Crippen molar-refractivity contribution in [3.05, 3.63) is 101 Å². The number of amides is 1. The Morgan fingerprint density at radius 2 is 1.72 bits per heavy atom. The molecule has 160 valence electrons. The molecule has 0 spiro atoms. The molecule has 0 aromatic heterocycles. The van der Waals surface area contributed by atoms with Gasteiger partial charge in [-0.2, -0.15) is 5.26 Å². The van der Waals surface area contributed by atoms with E-state index in [1.165, 1.54) is 18.2 Å². The van der Waals surface area contributed by atoms with Gasteiger partial charge in [0.1, 0.15) is 24.0 Å². The number of nitriles is 1. The van der Waals surface area contributed by atoms with Gasteiger partial charge in [-0.3, -0.25) is 4.79 Å². The first kappa shape index (κ1) is 22.3. The van der Waals surface area contributed by atoms with Crippen LogP contribution in [0.4, 0.5) is 5.69 Å². The van der Waals surface area contributed by atoms with E-state index in [9.17, 15) is 14.9 Å². The fourth-order valence-electron chi connectivity index (χ4n) is 3.08. The summed E-state index contributed by atoms with van der Waals surface area (Å²) < 4.78 is 5.87. The number of benzene rings is 3. The fourth-order valence-corrected chi connectivity index (χ4v) is 3.08. The standard InChI is InChI=1S/C26H22N2O4/c1-2-19-7-3-5-9-23(19)28-25(29)22(16-27)15-21-8-4-6-10-24(21)32-17-18-11-13-20(14-12-18)26(30)31/h3-15H,2,17H2,1H3,(H,28,29)(H,30,31)/b22-15-. The molecule has 3 rings (SSSR count). The Labute approximate surface area is 186 Å². The van der Waals surface area contributed by atoms with Gasteiger partial charge in [0.2, 0.25) is 0 Å². The van der Waals surface area contributed by atoms with E-state index >= 15 is 0 Å². The number of carboxylic acids is 1. The number of carbonyl (C=O) groups is 2. The number of para-hydroxylation sites is 2. The number of aryl methyl sites for hydroxylation is 1. The highest BCUT2D eigenvalue weighted by Gasteiger charge is 2.13. The van der Waals surface area contributed by atoms with Crippen molar-refractivity contribution in [2.24, 2.45) is 0 Å². The average Bonchev–Trinajstić information content (AvgIpc) is 2.82. The van der Waals surface area contributed by atoms with Crippen LogP contribution in [0.2, 0.25) is 0 Å². The molecule has 0 aliphatic carbocycles. The topological polar surface area (TPSA) is 99.4 Å². The highest BCUT2D eigenvalue weighted by molar-refractivity contribution is 6.10. The van der Waals surface area contributed by atoms with Crippen molar-refractivity contribution in [3.8, 4) is 11.8 Å². The molecule has 1 amide bonds. The van der Waals surface area contributed by atoms with Crippen molar-refractivity contribution in [1.29, 1.82) is 5.26 Å². The highest BCUT2D eigenvalue weighted by atomic mass is 16.5. The lowest BCUT2D eigenvalue weighted by atomic mass is 10.1. The Balaban J connectivity index is 1.77. The third-order valence-electron chi connectivity index (χ3n) is 4.83. The summed E-state index contributed by atoms with van der Waals surface area (Å²) in [7, 11) is 0. The van der Waals surface area contributed by atoms with Crippen molar-refractivity contribution in [1.82, 2.24) is 0 Å². The van der Waals surface area contributed by atoms with Gasteiger partial charge in [0, 0.05) is 11.3 Å². The summed E-state index contributed by atoms with van der Waals surface area (Å²) in [6, 6.07) is 22.9. The van der Waals surface area contributed by atoms with E-state index in [4.69, 9.17) is 9.84 Å². The Kier molecular flexibility index (Phi) is 7.39. The molecule has 0 atom stereocenters. The van der Waals surface area contributed by atoms with Crippen molar-refractivity contribution >= 4 is 23.6 Å². The third kappa shape index (κ3) is 5.61. The van der Waals surface area contributed by atoms with E-state index < -0.39 is 11.9 Å². The maximum Gasteiger partial charge on any atom is 0.335 e. The summed E-state index contributed by atoms with van der Waals surface area (Å²) in [5.74, 6) is -0.978. The number of nitrogens with one attached hydrogen (secondary N) is 1. The summed E-state index contributed by atoms with van der Waals surface area (Å²) in [5, 5.41) is 21.4. The molecule has 0 fully saturated rings. The average molecular weight is 426 g/mol. The molecule has 3 aromatic carbocycles. The van der Waals surface area contributed by atoms with E-state index in [2.05, 4.69) is 5.32 Å². The molecule has 3 aromatic rings. The maximum atomic E-state index is 12.7. The minimum atomic E-state index is -0.989. The minimum Gasteiger partial charge on any atom is -0.488 e. The number of ether oxygens (including phenoxy) is 1. The first-order valence-corrected chi connectivity index (χ1v) is 10.1. The Morgan fingerprint density at radius 1 is 1.03 bits per heavy atom. The van der Waals surface area contributed by atoms with Gasteiger partial charge in [0.05, 0.1) is 5.56 Å². The SMILES string of the molecule is CCc1ccccc1NC(=O)/C(C#N)=C\c1ccccc1OCc1ccc(C(=O)O)cc1. The Hall–Kier alpha value is -4.37. The predicted molar refractivity (Wildman–Crippen MR) is 122 cm³/mol. The van der Waals surface area contributed by atoms with E-state index in [0.717, 1.165) is 17.5 Å². The zero-order valence-corrected chi connectivity index (χ0v) is 17.5. The summed E-state index contributed by atoms with van der Waals surface area (Å²) >= 11 is 0. The molecule has 0 bridgehead atoms. The third-order valence-corrected chi connectivity index (χ3v) is 4.83. The number of rotatable bonds is 8. The second-order valence-corrected chi connectivity index (χ2v) is 6.96. The van der Waals surface area contributed by atoms with Gasteiger partial charge < -0.3 is 15.2 Å². The normalized spacial score (nSPS) is 10.8. The molecule has 0 unspecified atom stereocenters. The van der Waals surface area contributed by atoms with E-state index in [0.29, 0.717) is 17.0 Å². The molecule has 0 saturated heterocycles. The molecular weight excluding hydrogens is 404 g/mol. The van der Waals surface area contributed by atoms with E-state index in [1.807, 2.05) is 31.2 Å². The fraction of sp³-hybridized carbons (Fsp3) is 0.115. The molecule has 0 saturated carbocycles. The Morgan fingerprint density at radius 3 is 2.41 bits per heavy atom. The summed E-state index contributed by atoms with van der Waals surface area (Å²) in [5.41, 5.74) is 3.20. The predicted octanol–water partition coefficient (Wildman–Crippen LogP) is 5.07. The number of anilines is 1. The van der Waals surface area contributed by atoms with Gasteiger partial charge >= 0.3 is 5.97 Å². The van der Waals surface area contributed by atoms with Crippen LogP contribution in [0.3, 0.4) is 0 Å². The second-order valence-electron chi connectivity index (χ2n) is 6.96. The van der Waals surface area contributed by atoms with Crippen LogP contribution in [0.15, 0.2) is 78.4 Å². The van der Waals surface area contributed by atoms with Gasteiger partial charge in [0.25, 0.3) is 5.91 Å². The largest absolute Gasteiger partial charge is 0.488 e. The number of aromatic carboxylic acids is 1. The van der Waals surface area contributed by atoms with Crippen LogP contribution in [-0.2, 0) is 17.8 Å². The summed E-state index contributed by atoms with van der Waals surface area (Å²) in [6.45, 7) is 2.21. The number of hydrogen-bond acceptors (Lipinski definition) is 4. The number of nitrogens with zero attached hydrogens (tertiary/aromatic N) is 1. The summed E-state index contributed by atoms with van der Waals surface area (Å²) in [6.07, 6.45) is 2.25. The second kappa shape index (κ2) is 10.6. The van der Waals surface area contributed by atoms with E-state index in [1.54, 1.807) is 42.5 Å². The molecule has 32 heavy (non-hydrogen) atoms. The lowest BCUT2D eigenvalue weighted by molar-refractivity contribution is -0.112. The van der Waals surface area contributed by atoms with Crippen LogP contribution in [0.1, 0.15) is 34.0 Å². The van der Waals surface area contributed by atoms with Crippen molar-refractivity contribution < 1.29 is 19.4 Å². The van der Waals surface area contributed by atoms with E-state index in [-0.39, 0.29) is 17.7 Å². The zero-order valence-electron chi connectivity index (χ0n) is 17.5. The molecule has 6 nitrogen and oxygen atoms in total. The molecule has 0 aliphatic heterocycles. The lowest BCUT2D eigenvalue weighted by Crippen LogP contribution is -2.14. The smallest absolute Gasteiger partial charge is 0.335 e. The molecule has 0 heterocycles. The monoisotopic (exact) mass is 426 g/mol. The zero-order chi connectivity index (χ0) is 22.9. The number of hydrogen-bond donors (Lipinski definition) is 2. The number of carbonyl (C=O) groups excluding carboxylic acids is 1. The quantitative estimate of drug-likeness (QED) is 0.387. The van der Waals surface area contributed by atoms with Crippen LogP contribution < -0.4 is 10.1 Å². The van der Waals surface area contributed by atoms with Gasteiger partial charge in [-0.15, -0.1) is 0 Å². The van der Waals surface area contributed by atoms with Crippen LogP contribution in [-0.4, -0.2) is 17.0 Å². The Bertz CT molecular complexity index is 1190. The van der Waals surface area contributed by atoms with Crippen LogP contribution in [0.5, 0.6) is 5.75 Å². The van der Waals surface area contributed by atoms with Crippen molar-refractivity contribution in [2.75, 3.05) is 5.32 Å². The van der Waals surface area contributed by atoms with Crippen LogP contribution in [0.25, 0.3) is 6.08 Å². The van der Waals surface area contributed by atoms with Crippen molar-refractivity contribution in [3.63, 3.8) is 0 Å². The van der Waals surface area contributed by atoms with Gasteiger partial charge in [-0.25, -0.2) is 4.79 Å². The molecular formula is C26H22N2O4. The molecule has 0 aliphatic rings. The summed E-state index contributed by atoms with van der Waals surface area (Å²) in [4.78, 5) is 23.7. The lowest BCUT2D eigenvalue weighted by Gasteiger charge is -2.11. The highest BCUT2D eigenvalue weighted by Crippen LogP contribution is 2.23. The molecule has 0 radical (unpaired) electrons. The van der Waals surface area contributed by atoms with Crippen LogP contribution in [0, 0.1) is 11.3 Å². The molecule has 6 heteroatoms. The van der Waals surface area contributed by atoms with Gasteiger partial charge in [0.15, 0.2) is 0 Å².